The molecule has 152 valence electrons. The number of sulfone groups is 1. The highest BCUT2D eigenvalue weighted by Gasteiger charge is 2.24. The highest BCUT2D eigenvalue weighted by atomic mass is 32.2. The van der Waals surface area contributed by atoms with Gasteiger partial charge in [0.2, 0.25) is 15.0 Å². The Morgan fingerprint density at radius 2 is 1.79 bits per heavy atom. The molecule has 8 nitrogen and oxygen atoms in total. The molecule has 1 aliphatic heterocycles. The normalized spacial score (nSPS) is 15.2. The van der Waals surface area contributed by atoms with Crippen molar-refractivity contribution >= 4 is 19.9 Å². The number of nitrogens with zero attached hydrogens (tertiary/aromatic N) is 4. The standard InChI is InChI=1S/C19H20N4O4S2/c1-28(24,25)19-20-12-15-13-22(11-9-18(15)21-19)14-16-6-5-10-23(16)29(26,27)17-7-3-2-4-8-17/h2-8,10,12H,9,11,13-14H2,1H3. The molecule has 0 spiro atoms. The lowest BCUT2D eigenvalue weighted by atomic mass is 10.1. The Morgan fingerprint density at radius 1 is 1.03 bits per heavy atom. The molecule has 3 heterocycles. The van der Waals surface area contributed by atoms with Crippen LogP contribution in [0, 0.1) is 0 Å². The van der Waals surface area contributed by atoms with Crippen molar-refractivity contribution in [2.75, 3.05) is 12.8 Å². The molecule has 0 saturated carbocycles. The lowest BCUT2D eigenvalue weighted by molar-refractivity contribution is 0.238. The predicted octanol–water partition coefficient (Wildman–Crippen LogP) is 1.48. The zero-order valence-electron chi connectivity index (χ0n) is 15.8. The minimum Gasteiger partial charge on any atom is -0.293 e. The van der Waals surface area contributed by atoms with Gasteiger partial charge in [0.15, 0.2) is 0 Å². The number of hydrogen-bond acceptors (Lipinski definition) is 7. The average molecular weight is 433 g/mol. The molecule has 29 heavy (non-hydrogen) atoms. The molecule has 0 unspecified atom stereocenters. The molecule has 0 fully saturated rings. The Balaban J connectivity index is 1.56. The van der Waals surface area contributed by atoms with Crippen LogP contribution in [0.2, 0.25) is 0 Å². The highest BCUT2D eigenvalue weighted by Crippen LogP contribution is 2.22. The van der Waals surface area contributed by atoms with Crippen molar-refractivity contribution in [2.24, 2.45) is 0 Å². The summed E-state index contributed by atoms with van der Waals surface area (Å²) in [6.45, 7) is 1.60. The maximum absolute atomic E-state index is 13.0. The van der Waals surface area contributed by atoms with Crippen LogP contribution < -0.4 is 0 Å². The number of fused-ring (bicyclic) bond motifs is 1. The molecule has 0 atom stereocenters. The Kier molecular flexibility index (Phi) is 5.01. The van der Waals surface area contributed by atoms with Gasteiger partial charge < -0.3 is 0 Å². The average Bonchev–Trinajstić information content (AvgIpc) is 3.16. The summed E-state index contributed by atoms with van der Waals surface area (Å²) in [6, 6.07) is 11.8. The van der Waals surface area contributed by atoms with Gasteiger partial charge in [0, 0.05) is 56.0 Å². The molecule has 0 radical (unpaired) electrons. The van der Waals surface area contributed by atoms with E-state index in [4.69, 9.17) is 0 Å². The predicted molar refractivity (Wildman–Crippen MR) is 106 cm³/mol. The third kappa shape index (κ3) is 3.96. The van der Waals surface area contributed by atoms with Crippen LogP contribution in [0.5, 0.6) is 0 Å². The third-order valence-electron chi connectivity index (χ3n) is 4.80. The SMILES string of the molecule is CS(=O)(=O)c1ncc2c(n1)CCN(Cc1cccn1S(=O)(=O)c1ccccc1)C2. The van der Waals surface area contributed by atoms with Crippen molar-refractivity contribution in [1.82, 2.24) is 18.8 Å². The van der Waals surface area contributed by atoms with Gasteiger partial charge in [0.1, 0.15) is 0 Å². The molecule has 4 rings (SSSR count). The van der Waals surface area contributed by atoms with E-state index in [1.54, 1.807) is 54.9 Å². The zero-order valence-corrected chi connectivity index (χ0v) is 17.4. The van der Waals surface area contributed by atoms with E-state index < -0.39 is 19.9 Å². The van der Waals surface area contributed by atoms with Crippen LogP contribution in [0.3, 0.4) is 0 Å². The lowest BCUT2D eigenvalue weighted by Crippen LogP contribution is -2.32. The van der Waals surface area contributed by atoms with Crippen molar-refractivity contribution in [3.05, 3.63) is 71.8 Å². The minimum atomic E-state index is -3.66. The quantitative estimate of drug-likeness (QED) is 0.563. The summed E-state index contributed by atoms with van der Waals surface area (Å²) in [5, 5.41) is -0.160. The minimum absolute atomic E-state index is 0.160. The monoisotopic (exact) mass is 432 g/mol. The highest BCUT2D eigenvalue weighted by molar-refractivity contribution is 7.90. The fraction of sp³-hybridized carbons (Fsp3) is 0.263. The van der Waals surface area contributed by atoms with Crippen LogP contribution in [-0.4, -0.2) is 48.5 Å². The van der Waals surface area contributed by atoms with Crippen molar-refractivity contribution in [2.45, 2.75) is 29.6 Å². The summed E-state index contributed by atoms with van der Waals surface area (Å²) in [5.74, 6) is 0. The molecule has 0 saturated heterocycles. The van der Waals surface area contributed by atoms with Crippen LogP contribution in [0.15, 0.2) is 64.9 Å². The van der Waals surface area contributed by atoms with Crippen molar-refractivity contribution in [1.29, 1.82) is 0 Å². The van der Waals surface area contributed by atoms with E-state index in [2.05, 4.69) is 14.9 Å². The first-order valence-electron chi connectivity index (χ1n) is 8.99. The second-order valence-corrected chi connectivity index (χ2v) is 10.7. The fourth-order valence-corrected chi connectivity index (χ4v) is 5.27. The Morgan fingerprint density at radius 3 is 2.52 bits per heavy atom. The van der Waals surface area contributed by atoms with Gasteiger partial charge in [-0.1, -0.05) is 18.2 Å². The van der Waals surface area contributed by atoms with Gasteiger partial charge in [0.05, 0.1) is 10.6 Å². The summed E-state index contributed by atoms with van der Waals surface area (Å²) in [4.78, 5) is 10.5. The molecule has 0 amide bonds. The fourth-order valence-electron chi connectivity index (χ4n) is 3.36. The molecule has 0 N–H and O–H groups in total. The maximum atomic E-state index is 13.0. The second kappa shape index (κ2) is 7.36. The molecular weight excluding hydrogens is 412 g/mol. The van der Waals surface area contributed by atoms with E-state index in [0.717, 1.165) is 17.5 Å². The van der Waals surface area contributed by atoms with Gasteiger partial charge in [-0.2, -0.15) is 0 Å². The van der Waals surface area contributed by atoms with E-state index in [9.17, 15) is 16.8 Å². The third-order valence-corrected chi connectivity index (χ3v) is 7.40. The Bertz CT molecular complexity index is 1250. The van der Waals surface area contributed by atoms with Gasteiger partial charge in [-0.25, -0.2) is 30.8 Å². The maximum Gasteiger partial charge on any atom is 0.267 e. The van der Waals surface area contributed by atoms with E-state index in [1.807, 2.05) is 0 Å². The number of rotatable bonds is 5. The smallest absolute Gasteiger partial charge is 0.267 e. The lowest BCUT2D eigenvalue weighted by Gasteiger charge is -2.28. The first-order chi connectivity index (χ1) is 13.7. The van der Waals surface area contributed by atoms with E-state index >= 15 is 0 Å². The summed E-state index contributed by atoms with van der Waals surface area (Å²) >= 11 is 0. The van der Waals surface area contributed by atoms with E-state index in [1.165, 1.54) is 3.97 Å². The molecule has 0 bridgehead atoms. The zero-order chi connectivity index (χ0) is 20.6. The van der Waals surface area contributed by atoms with Gasteiger partial charge in [-0.3, -0.25) is 4.90 Å². The van der Waals surface area contributed by atoms with Crippen molar-refractivity contribution < 1.29 is 16.8 Å². The first kappa shape index (κ1) is 19.7. The van der Waals surface area contributed by atoms with Gasteiger partial charge in [-0.15, -0.1) is 0 Å². The molecule has 2 aromatic heterocycles. The van der Waals surface area contributed by atoms with E-state index in [-0.39, 0.29) is 10.1 Å². The second-order valence-electron chi connectivity index (χ2n) is 6.97. The Hall–Kier alpha value is -2.56. The Labute approximate surface area is 169 Å². The van der Waals surface area contributed by atoms with Crippen LogP contribution in [0.25, 0.3) is 0 Å². The molecule has 1 aliphatic rings. The summed E-state index contributed by atoms with van der Waals surface area (Å²) in [5.41, 5.74) is 2.24. The molecule has 3 aromatic rings. The van der Waals surface area contributed by atoms with Crippen LogP contribution in [0.4, 0.5) is 0 Å². The van der Waals surface area contributed by atoms with Gasteiger partial charge in [0.25, 0.3) is 10.0 Å². The van der Waals surface area contributed by atoms with Crippen molar-refractivity contribution in [3.63, 3.8) is 0 Å². The van der Waals surface area contributed by atoms with Gasteiger partial charge >= 0.3 is 0 Å². The van der Waals surface area contributed by atoms with Crippen LogP contribution in [0.1, 0.15) is 17.0 Å². The number of aromatic nitrogens is 3. The largest absolute Gasteiger partial charge is 0.293 e. The first-order valence-corrected chi connectivity index (χ1v) is 12.3. The molecule has 10 heteroatoms. The van der Waals surface area contributed by atoms with E-state index in [0.29, 0.717) is 31.7 Å². The molecular formula is C19H20N4O4S2. The molecule has 1 aromatic carbocycles. The number of hydrogen-bond donors (Lipinski definition) is 0. The summed E-state index contributed by atoms with van der Waals surface area (Å²) in [6.07, 6.45) is 4.76. The van der Waals surface area contributed by atoms with Crippen LogP contribution in [-0.2, 0) is 39.4 Å². The molecule has 0 aliphatic carbocycles. The van der Waals surface area contributed by atoms with Gasteiger partial charge in [-0.05, 0) is 24.3 Å². The van der Waals surface area contributed by atoms with Crippen molar-refractivity contribution in [3.8, 4) is 0 Å². The summed E-state index contributed by atoms with van der Waals surface area (Å²) < 4.78 is 50.5. The number of benzene rings is 1. The van der Waals surface area contributed by atoms with Crippen LogP contribution >= 0.6 is 0 Å². The topological polar surface area (TPSA) is 102 Å². The summed E-state index contributed by atoms with van der Waals surface area (Å²) in [7, 11) is -7.11.